The minimum atomic E-state index is -0.418. The van der Waals surface area contributed by atoms with Crippen molar-refractivity contribution >= 4 is 22.9 Å². The van der Waals surface area contributed by atoms with E-state index in [1.807, 2.05) is 79.7 Å². The second kappa shape index (κ2) is 9.17. The topological polar surface area (TPSA) is 76.3 Å². The SMILES string of the molecule is Cc1ccc(/C=N/NC(=O)Cn2nc(Cc3ccccc3)c3ccccc3c2=O)cc1. The van der Waals surface area contributed by atoms with Gasteiger partial charge in [0.25, 0.3) is 11.5 Å². The van der Waals surface area contributed by atoms with Crippen LogP contribution in [0, 0.1) is 6.92 Å². The van der Waals surface area contributed by atoms with Gasteiger partial charge in [-0.15, -0.1) is 0 Å². The number of nitrogens with zero attached hydrogens (tertiary/aromatic N) is 3. The second-order valence-corrected chi connectivity index (χ2v) is 7.32. The maximum absolute atomic E-state index is 12.9. The molecule has 6 heteroatoms. The number of fused-ring (bicyclic) bond motifs is 1. The fraction of sp³-hybridized carbons (Fsp3) is 0.120. The lowest BCUT2D eigenvalue weighted by Gasteiger charge is -2.10. The fourth-order valence-corrected chi connectivity index (χ4v) is 3.33. The molecule has 0 aliphatic rings. The standard InChI is InChI=1S/C25H22N4O2/c1-18-11-13-20(14-12-18)16-26-27-24(30)17-29-25(31)22-10-6-5-9-21(22)23(28-29)15-19-7-3-2-4-8-19/h2-14,16H,15,17H2,1H3,(H,27,30)/b26-16+. The first kappa shape index (κ1) is 20.2. The number of aromatic nitrogens is 2. The average molecular weight is 410 g/mol. The Labute approximate surface area is 179 Å². The van der Waals surface area contributed by atoms with E-state index in [9.17, 15) is 9.59 Å². The van der Waals surface area contributed by atoms with Gasteiger partial charge in [-0.1, -0.05) is 78.4 Å². The summed E-state index contributed by atoms with van der Waals surface area (Å²) in [5.74, 6) is -0.418. The Morgan fingerprint density at radius 1 is 0.968 bits per heavy atom. The molecule has 4 aromatic rings. The van der Waals surface area contributed by atoms with Crippen molar-refractivity contribution in [3.63, 3.8) is 0 Å². The molecule has 4 rings (SSSR count). The summed E-state index contributed by atoms with van der Waals surface area (Å²) in [6.07, 6.45) is 2.13. The Kier molecular flexibility index (Phi) is 5.98. The molecule has 0 aliphatic carbocycles. The molecule has 6 nitrogen and oxygen atoms in total. The highest BCUT2D eigenvalue weighted by Crippen LogP contribution is 2.16. The molecule has 1 aromatic heterocycles. The number of carbonyl (C=O) groups is 1. The largest absolute Gasteiger partial charge is 0.275 e. The highest BCUT2D eigenvalue weighted by Gasteiger charge is 2.13. The molecule has 31 heavy (non-hydrogen) atoms. The summed E-state index contributed by atoms with van der Waals surface area (Å²) in [7, 11) is 0. The zero-order valence-corrected chi connectivity index (χ0v) is 17.2. The Balaban J connectivity index is 1.56. The maximum Gasteiger partial charge on any atom is 0.275 e. The molecule has 1 N–H and O–H groups in total. The van der Waals surface area contributed by atoms with Crippen LogP contribution in [0.3, 0.4) is 0 Å². The molecule has 1 heterocycles. The van der Waals surface area contributed by atoms with Crippen LogP contribution < -0.4 is 11.0 Å². The first-order valence-corrected chi connectivity index (χ1v) is 10.0. The lowest BCUT2D eigenvalue weighted by Crippen LogP contribution is -2.32. The highest BCUT2D eigenvalue weighted by molar-refractivity contribution is 5.85. The van der Waals surface area contributed by atoms with Crippen molar-refractivity contribution in [3.05, 3.63) is 112 Å². The molecule has 1 amide bonds. The molecule has 0 radical (unpaired) electrons. The molecule has 0 spiro atoms. The van der Waals surface area contributed by atoms with E-state index in [0.717, 1.165) is 27.8 Å². The van der Waals surface area contributed by atoms with Gasteiger partial charge in [0.05, 0.1) is 17.3 Å². The number of hydrogen-bond acceptors (Lipinski definition) is 4. The van der Waals surface area contributed by atoms with Crippen LogP contribution >= 0.6 is 0 Å². The van der Waals surface area contributed by atoms with E-state index in [0.29, 0.717) is 11.8 Å². The molecular formula is C25H22N4O2. The number of rotatable bonds is 6. The summed E-state index contributed by atoms with van der Waals surface area (Å²) in [6.45, 7) is 1.79. The van der Waals surface area contributed by atoms with Crippen molar-refractivity contribution in [2.75, 3.05) is 0 Å². The predicted octanol–water partition coefficient (Wildman–Crippen LogP) is 3.45. The van der Waals surface area contributed by atoms with Crippen molar-refractivity contribution < 1.29 is 4.79 Å². The molecule has 0 fully saturated rings. The summed E-state index contributed by atoms with van der Waals surface area (Å²) in [5, 5.41) is 9.82. The number of hydrogen-bond donors (Lipinski definition) is 1. The second-order valence-electron chi connectivity index (χ2n) is 7.32. The van der Waals surface area contributed by atoms with Gasteiger partial charge in [-0.2, -0.15) is 10.2 Å². The quantitative estimate of drug-likeness (QED) is 0.391. The zero-order valence-electron chi connectivity index (χ0n) is 17.2. The minimum absolute atomic E-state index is 0.212. The molecule has 3 aromatic carbocycles. The summed E-state index contributed by atoms with van der Waals surface area (Å²) in [6, 6.07) is 25.0. The molecule has 0 unspecified atom stereocenters. The summed E-state index contributed by atoms with van der Waals surface area (Å²) in [5.41, 5.74) is 6.02. The van der Waals surface area contributed by atoms with Crippen molar-refractivity contribution in [1.29, 1.82) is 0 Å². The molecular weight excluding hydrogens is 388 g/mol. The Bertz CT molecular complexity index is 1290. The normalized spacial score (nSPS) is 11.1. The van der Waals surface area contributed by atoms with E-state index in [2.05, 4.69) is 15.6 Å². The Hall–Kier alpha value is -4.06. The first-order valence-electron chi connectivity index (χ1n) is 10.0. The lowest BCUT2D eigenvalue weighted by atomic mass is 10.0. The summed E-state index contributed by atoms with van der Waals surface area (Å²) < 4.78 is 1.21. The van der Waals surface area contributed by atoms with Crippen molar-refractivity contribution in [2.45, 2.75) is 19.9 Å². The van der Waals surface area contributed by atoms with Crippen LogP contribution in [0.4, 0.5) is 0 Å². The molecule has 0 saturated carbocycles. The number of aryl methyl sites for hydroxylation is 1. The first-order chi connectivity index (χ1) is 15.1. The van der Waals surface area contributed by atoms with E-state index < -0.39 is 5.91 Å². The third-order valence-electron chi connectivity index (χ3n) is 4.93. The van der Waals surface area contributed by atoms with E-state index >= 15 is 0 Å². The average Bonchev–Trinajstić information content (AvgIpc) is 2.79. The molecule has 154 valence electrons. The van der Waals surface area contributed by atoms with Crippen molar-refractivity contribution in [2.24, 2.45) is 5.10 Å². The van der Waals surface area contributed by atoms with E-state index in [1.165, 1.54) is 4.68 Å². The van der Waals surface area contributed by atoms with Gasteiger partial charge in [0.15, 0.2) is 0 Å². The van der Waals surface area contributed by atoms with Gasteiger partial charge in [0, 0.05) is 11.8 Å². The monoisotopic (exact) mass is 410 g/mol. The summed E-state index contributed by atoms with van der Waals surface area (Å²) in [4.78, 5) is 25.3. The van der Waals surface area contributed by atoms with E-state index in [-0.39, 0.29) is 12.1 Å². The van der Waals surface area contributed by atoms with Gasteiger partial charge in [-0.25, -0.2) is 10.1 Å². The molecule has 0 atom stereocenters. The van der Waals surface area contributed by atoms with Crippen LogP contribution in [0.2, 0.25) is 0 Å². The Morgan fingerprint density at radius 2 is 1.65 bits per heavy atom. The molecule has 0 aliphatic heterocycles. The van der Waals surface area contributed by atoms with Crippen LogP contribution in [-0.4, -0.2) is 21.9 Å². The van der Waals surface area contributed by atoms with Crippen molar-refractivity contribution in [1.82, 2.24) is 15.2 Å². The lowest BCUT2D eigenvalue weighted by molar-refractivity contribution is -0.121. The minimum Gasteiger partial charge on any atom is -0.271 e. The van der Waals surface area contributed by atoms with Gasteiger partial charge in [0.2, 0.25) is 0 Å². The number of hydrazone groups is 1. The van der Waals surface area contributed by atoms with Gasteiger partial charge in [-0.05, 0) is 24.1 Å². The maximum atomic E-state index is 12.9. The van der Waals surface area contributed by atoms with Gasteiger partial charge in [0.1, 0.15) is 6.54 Å². The number of benzene rings is 3. The number of nitrogens with one attached hydrogen (secondary N) is 1. The fourth-order valence-electron chi connectivity index (χ4n) is 3.33. The van der Waals surface area contributed by atoms with Crippen molar-refractivity contribution in [3.8, 4) is 0 Å². The number of carbonyl (C=O) groups excluding carboxylic acids is 1. The molecule has 0 bridgehead atoms. The van der Waals surface area contributed by atoms with Crippen LogP contribution in [0.5, 0.6) is 0 Å². The highest BCUT2D eigenvalue weighted by atomic mass is 16.2. The molecule has 0 saturated heterocycles. The third-order valence-corrected chi connectivity index (χ3v) is 4.93. The zero-order chi connectivity index (χ0) is 21.6. The third kappa shape index (κ3) is 4.93. The van der Waals surface area contributed by atoms with E-state index in [1.54, 1.807) is 12.3 Å². The smallest absolute Gasteiger partial charge is 0.271 e. The summed E-state index contributed by atoms with van der Waals surface area (Å²) >= 11 is 0. The number of amides is 1. The Morgan fingerprint density at radius 3 is 2.39 bits per heavy atom. The van der Waals surface area contributed by atoms with Crippen LogP contribution in [0.15, 0.2) is 88.8 Å². The van der Waals surface area contributed by atoms with Gasteiger partial charge < -0.3 is 0 Å². The van der Waals surface area contributed by atoms with Crippen LogP contribution in [0.1, 0.15) is 22.4 Å². The van der Waals surface area contributed by atoms with Crippen LogP contribution in [0.25, 0.3) is 10.8 Å². The predicted molar refractivity (Wildman–Crippen MR) is 122 cm³/mol. The van der Waals surface area contributed by atoms with Gasteiger partial charge in [-0.3, -0.25) is 9.59 Å². The van der Waals surface area contributed by atoms with Gasteiger partial charge >= 0.3 is 0 Å². The van der Waals surface area contributed by atoms with E-state index in [4.69, 9.17) is 0 Å². The van der Waals surface area contributed by atoms with Crippen LogP contribution in [-0.2, 0) is 17.8 Å².